The second-order valence-corrected chi connectivity index (χ2v) is 4.17. The van der Waals surface area contributed by atoms with Crippen LogP contribution in [-0.2, 0) is 16.0 Å². The van der Waals surface area contributed by atoms with Crippen molar-refractivity contribution in [1.29, 1.82) is 0 Å². The number of aromatic amines is 1. The standard InChI is InChI=1S/C11H12N4O2/c16-10-9-2-1-3-15(9)11(17)8(14-10)4-7-5-12-6-13-7/h2,5-6,8H,1,3-4H2,(H,12,13)(H,14,16)/t8-/m0/s1. The summed E-state index contributed by atoms with van der Waals surface area (Å²) < 4.78 is 0. The van der Waals surface area contributed by atoms with Gasteiger partial charge < -0.3 is 15.2 Å². The predicted octanol–water partition coefficient (Wildman–Crippen LogP) is -0.433. The fourth-order valence-electron chi connectivity index (χ4n) is 2.24. The summed E-state index contributed by atoms with van der Waals surface area (Å²) in [6, 6.07) is -0.488. The van der Waals surface area contributed by atoms with Crippen molar-refractivity contribution in [3.05, 3.63) is 30.0 Å². The molecule has 1 aromatic rings. The molecular weight excluding hydrogens is 220 g/mol. The van der Waals surface area contributed by atoms with Crippen LogP contribution >= 0.6 is 0 Å². The number of rotatable bonds is 2. The average Bonchev–Trinajstić information content (AvgIpc) is 2.96. The van der Waals surface area contributed by atoms with Gasteiger partial charge in [0.15, 0.2) is 0 Å². The Bertz CT molecular complexity index is 492. The molecule has 1 fully saturated rings. The molecule has 0 spiro atoms. The van der Waals surface area contributed by atoms with E-state index in [0.29, 0.717) is 18.7 Å². The second-order valence-electron chi connectivity index (χ2n) is 4.17. The van der Waals surface area contributed by atoms with Gasteiger partial charge in [-0.25, -0.2) is 4.98 Å². The van der Waals surface area contributed by atoms with Crippen LogP contribution in [0, 0.1) is 0 Å². The lowest BCUT2D eigenvalue weighted by Crippen LogP contribution is -2.56. The minimum atomic E-state index is -0.488. The number of imidazole rings is 1. The summed E-state index contributed by atoms with van der Waals surface area (Å²) in [6.45, 7) is 0.612. The fourth-order valence-corrected chi connectivity index (χ4v) is 2.24. The number of nitrogens with one attached hydrogen (secondary N) is 2. The Labute approximate surface area is 97.7 Å². The smallest absolute Gasteiger partial charge is 0.268 e. The van der Waals surface area contributed by atoms with E-state index >= 15 is 0 Å². The van der Waals surface area contributed by atoms with Crippen LogP contribution in [0.3, 0.4) is 0 Å². The lowest BCUT2D eigenvalue weighted by molar-refractivity contribution is -0.139. The molecule has 3 rings (SSSR count). The number of fused-ring (bicyclic) bond motifs is 1. The Balaban J connectivity index is 1.81. The van der Waals surface area contributed by atoms with Gasteiger partial charge in [0.05, 0.1) is 6.33 Å². The van der Waals surface area contributed by atoms with Crippen LogP contribution < -0.4 is 5.32 Å². The van der Waals surface area contributed by atoms with Crippen LogP contribution in [0.25, 0.3) is 0 Å². The van der Waals surface area contributed by atoms with Crippen molar-refractivity contribution < 1.29 is 9.59 Å². The third-order valence-electron chi connectivity index (χ3n) is 3.06. The van der Waals surface area contributed by atoms with Gasteiger partial charge in [0.2, 0.25) is 5.91 Å². The maximum absolute atomic E-state index is 12.1. The molecular formula is C11H12N4O2. The van der Waals surface area contributed by atoms with Crippen molar-refractivity contribution in [2.24, 2.45) is 0 Å². The van der Waals surface area contributed by atoms with Crippen LogP contribution in [0.4, 0.5) is 0 Å². The summed E-state index contributed by atoms with van der Waals surface area (Å²) in [5.41, 5.74) is 1.34. The minimum Gasteiger partial charge on any atom is -0.348 e. The van der Waals surface area contributed by atoms with E-state index < -0.39 is 6.04 Å². The molecule has 6 heteroatoms. The van der Waals surface area contributed by atoms with E-state index in [1.165, 1.54) is 0 Å². The van der Waals surface area contributed by atoms with Gasteiger partial charge in [-0.1, -0.05) is 6.08 Å². The van der Waals surface area contributed by atoms with E-state index in [-0.39, 0.29) is 11.8 Å². The largest absolute Gasteiger partial charge is 0.348 e. The van der Waals surface area contributed by atoms with Crippen LogP contribution in [0.15, 0.2) is 24.3 Å². The molecule has 3 heterocycles. The first-order valence-electron chi connectivity index (χ1n) is 5.55. The van der Waals surface area contributed by atoms with Crippen molar-refractivity contribution in [3.8, 4) is 0 Å². The molecule has 0 aliphatic carbocycles. The van der Waals surface area contributed by atoms with E-state index in [1.54, 1.807) is 23.5 Å². The maximum Gasteiger partial charge on any atom is 0.268 e. The van der Waals surface area contributed by atoms with Crippen molar-refractivity contribution >= 4 is 11.8 Å². The molecule has 6 nitrogen and oxygen atoms in total. The molecule has 1 atom stereocenters. The summed E-state index contributed by atoms with van der Waals surface area (Å²) in [6.07, 6.45) is 6.24. The highest BCUT2D eigenvalue weighted by Crippen LogP contribution is 2.21. The molecule has 1 saturated heterocycles. The molecule has 17 heavy (non-hydrogen) atoms. The highest BCUT2D eigenvalue weighted by molar-refractivity contribution is 6.05. The van der Waals surface area contributed by atoms with Crippen LogP contribution in [-0.4, -0.2) is 39.3 Å². The molecule has 88 valence electrons. The third kappa shape index (κ3) is 1.61. The normalized spacial score (nSPS) is 23.4. The Kier molecular flexibility index (Phi) is 2.21. The molecule has 2 aliphatic heterocycles. The van der Waals surface area contributed by atoms with Crippen LogP contribution in [0.5, 0.6) is 0 Å². The zero-order chi connectivity index (χ0) is 11.8. The summed E-state index contributed by atoms with van der Waals surface area (Å²) in [4.78, 5) is 32.3. The van der Waals surface area contributed by atoms with Gasteiger partial charge in [0.1, 0.15) is 11.7 Å². The zero-order valence-corrected chi connectivity index (χ0v) is 9.14. The lowest BCUT2D eigenvalue weighted by atomic mass is 10.1. The molecule has 2 amide bonds. The Morgan fingerprint density at radius 2 is 2.35 bits per heavy atom. The highest BCUT2D eigenvalue weighted by Gasteiger charge is 2.38. The van der Waals surface area contributed by atoms with Gasteiger partial charge >= 0.3 is 0 Å². The number of H-pyrrole nitrogens is 1. The van der Waals surface area contributed by atoms with Gasteiger partial charge in [-0.3, -0.25) is 9.59 Å². The summed E-state index contributed by atoms with van der Waals surface area (Å²) >= 11 is 0. The molecule has 0 radical (unpaired) electrons. The first-order valence-corrected chi connectivity index (χ1v) is 5.55. The van der Waals surface area contributed by atoms with Gasteiger partial charge in [-0.2, -0.15) is 0 Å². The predicted molar refractivity (Wildman–Crippen MR) is 58.6 cm³/mol. The van der Waals surface area contributed by atoms with Crippen molar-refractivity contribution in [3.63, 3.8) is 0 Å². The molecule has 2 N–H and O–H groups in total. The molecule has 0 saturated carbocycles. The number of hydrogen-bond donors (Lipinski definition) is 2. The summed E-state index contributed by atoms with van der Waals surface area (Å²) in [5.74, 6) is -0.199. The average molecular weight is 232 g/mol. The monoisotopic (exact) mass is 232 g/mol. The molecule has 1 aromatic heterocycles. The number of piperazine rings is 1. The highest BCUT2D eigenvalue weighted by atomic mass is 16.2. The topological polar surface area (TPSA) is 78.1 Å². The SMILES string of the molecule is O=C1N[C@@H](Cc2cnc[nH]2)C(=O)N2CCC=C12. The number of hydrogen-bond acceptors (Lipinski definition) is 3. The van der Waals surface area contributed by atoms with E-state index in [4.69, 9.17) is 0 Å². The number of amides is 2. The first kappa shape index (κ1) is 10.1. The molecule has 0 bridgehead atoms. The number of carbonyl (C=O) groups excluding carboxylic acids is 2. The summed E-state index contributed by atoms with van der Waals surface area (Å²) in [5, 5.41) is 2.73. The number of carbonyl (C=O) groups is 2. The Morgan fingerprint density at radius 3 is 3.12 bits per heavy atom. The number of aromatic nitrogens is 2. The Morgan fingerprint density at radius 1 is 1.47 bits per heavy atom. The van der Waals surface area contributed by atoms with Crippen molar-refractivity contribution in [1.82, 2.24) is 20.2 Å². The van der Waals surface area contributed by atoms with Gasteiger partial charge in [-0.15, -0.1) is 0 Å². The lowest BCUT2D eigenvalue weighted by Gasteiger charge is -2.31. The van der Waals surface area contributed by atoms with Crippen molar-refractivity contribution in [2.45, 2.75) is 18.9 Å². The van der Waals surface area contributed by atoms with Gasteiger partial charge in [0, 0.05) is 24.9 Å². The summed E-state index contributed by atoms with van der Waals surface area (Å²) in [7, 11) is 0. The van der Waals surface area contributed by atoms with E-state index in [1.807, 2.05) is 0 Å². The minimum absolute atomic E-state index is 0.0389. The molecule has 0 unspecified atom stereocenters. The van der Waals surface area contributed by atoms with Crippen LogP contribution in [0.1, 0.15) is 12.1 Å². The first-order chi connectivity index (χ1) is 8.25. The quantitative estimate of drug-likeness (QED) is 0.726. The van der Waals surface area contributed by atoms with Crippen LogP contribution in [0.2, 0.25) is 0 Å². The zero-order valence-electron chi connectivity index (χ0n) is 9.14. The van der Waals surface area contributed by atoms with E-state index in [2.05, 4.69) is 15.3 Å². The fraction of sp³-hybridized carbons (Fsp3) is 0.364. The Hall–Kier alpha value is -2.11. The van der Waals surface area contributed by atoms with E-state index in [9.17, 15) is 9.59 Å². The number of nitrogens with zero attached hydrogens (tertiary/aromatic N) is 2. The van der Waals surface area contributed by atoms with E-state index in [0.717, 1.165) is 12.1 Å². The maximum atomic E-state index is 12.1. The van der Waals surface area contributed by atoms with Gasteiger partial charge in [0.25, 0.3) is 5.91 Å². The van der Waals surface area contributed by atoms with Crippen molar-refractivity contribution in [2.75, 3.05) is 6.54 Å². The molecule has 2 aliphatic rings. The third-order valence-corrected chi connectivity index (χ3v) is 3.06. The molecule has 0 aromatic carbocycles. The second kappa shape index (κ2) is 3.73. The van der Waals surface area contributed by atoms with Gasteiger partial charge in [-0.05, 0) is 6.42 Å².